The van der Waals surface area contributed by atoms with Crippen LogP contribution in [0.15, 0.2) is 24.3 Å². The SMILES string of the molecule is CCCC(O)CNC(C)c1nc2ccccc2s1. The van der Waals surface area contributed by atoms with Gasteiger partial charge in [0.1, 0.15) is 5.01 Å². The molecule has 1 heterocycles. The van der Waals surface area contributed by atoms with E-state index in [1.165, 1.54) is 4.70 Å². The molecule has 0 amide bonds. The van der Waals surface area contributed by atoms with E-state index in [0.717, 1.165) is 23.4 Å². The van der Waals surface area contributed by atoms with Gasteiger partial charge in [-0.05, 0) is 25.5 Å². The summed E-state index contributed by atoms with van der Waals surface area (Å²) < 4.78 is 1.22. The second-order valence-corrected chi connectivity index (χ2v) is 5.65. The molecule has 2 N–H and O–H groups in total. The average molecular weight is 264 g/mol. The lowest BCUT2D eigenvalue weighted by Crippen LogP contribution is -2.28. The predicted octanol–water partition coefficient (Wildman–Crippen LogP) is 3.11. The maximum absolute atomic E-state index is 9.71. The van der Waals surface area contributed by atoms with Gasteiger partial charge in [0, 0.05) is 6.54 Å². The number of nitrogens with one attached hydrogen (secondary N) is 1. The zero-order chi connectivity index (χ0) is 13.0. The molecule has 2 unspecified atom stereocenters. The summed E-state index contributed by atoms with van der Waals surface area (Å²) in [5, 5.41) is 14.1. The summed E-state index contributed by atoms with van der Waals surface area (Å²) in [4.78, 5) is 4.61. The van der Waals surface area contributed by atoms with Gasteiger partial charge in [0.2, 0.25) is 0 Å². The van der Waals surface area contributed by atoms with Crippen LogP contribution in [0.2, 0.25) is 0 Å². The third kappa shape index (κ3) is 3.28. The van der Waals surface area contributed by atoms with Crippen molar-refractivity contribution in [2.24, 2.45) is 0 Å². The molecule has 0 aliphatic carbocycles. The van der Waals surface area contributed by atoms with Gasteiger partial charge in [0.15, 0.2) is 0 Å². The third-order valence-corrected chi connectivity index (χ3v) is 4.18. The number of thiazole rings is 1. The van der Waals surface area contributed by atoms with Crippen LogP contribution in [-0.4, -0.2) is 22.7 Å². The second-order valence-electron chi connectivity index (χ2n) is 4.59. The topological polar surface area (TPSA) is 45.1 Å². The van der Waals surface area contributed by atoms with Crippen LogP contribution in [0, 0.1) is 0 Å². The van der Waals surface area contributed by atoms with Crippen molar-refractivity contribution in [1.29, 1.82) is 0 Å². The fourth-order valence-electron chi connectivity index (χ4n) is 1.91. The molecule has 2 aromatic rings. The van der Waals surface area contributed by atoms with Gasteiger partial charge in [0.25, 0.3) is 0 Å². The molecule has 1 aromatic heterocycles. The van der Waals surface area contributed by atoms with E-state index in [1.807, 2.05) is 18.2 Å². The van der Waals surface area contributed by atoms with Crippen molar-refractivity contribution in [2.75, 3.05) is 6.54 Å². The highest BCUT2D eigenvalue weighted by atomic mass is 32.1. The number of aromatic nitrogens is 1. The first-order valence-electron chi connectivity index (χ1n) is 6.47. The third-order valence-electron chi connectivity index (χ3n) is 2.96. The number of hydrogen-bond donors (Lipinski definition) is 2. The quantitative estimate of drug-likeness (QED) is 0.842. The Balaban J connectivity index is 1.98. The van der Waals surface area contributed by atoms with Crippen molar-refractivity contribution in [3.05, 3.63) is 29.3 Å². The Hall–Kier alpha value is -0.970. The molecule has 0 saturated heterocycles. The molecule has 1 aromatic carbocycles. The normalized spacial score (nSPS) is 14.8. The highest BCUT2D eigenvalue weighted by Crippen LogP contribution is 2.25. The lowest BCUT2D eigenvalue weighted by molar-refractivity contribution is 0.157. The Morgan fingerprint density at radius 3 is 2.89 bits per heavy atom. The van der Waals surface area contributed by atoms with E-state index in [9.17, 15) is 5.11 Å². The smallest absolute Gasteiger partial charge is 0.111 e. The van der Waals surface area contributed by atoms with Crippen molar-refractivity contribution < 1.29 is 5.11 Å². The Morgan fingerprint density at radius 1 is 1.39 bits per heavy atom. The number of nitrogens with zero attached hydrogens (tertiary/aromatic N) is 1. The van der Waals surface area contributed by atoms with Gasteiger partial charge in [-0.15, -0.1) is 11.3 Å². The van der Waals surface area contributed by atoms with Gasteiger partial charge in [0.05, 0.1) is 22.4 Å². The van der Waals surface area contributed by atoms with Gasteiger partial charge in [-0.3, -0.25) is 0 Å². The lowest BCUT2D eigenvalue weighted by atomic mass is 10.2. The molecule has 0 spiro atoms. The van der Waals surface area contributed by atoms with Crippen molar-refractivity contribution in [3.63, 3.8) is 0 Å². The highest BCUT2D eigenvalue weighted by Gasteiger charge is 2.12. The van der Waals surface area contributed by atoms with Crippen molar-refractivity contribution in [3.8, 4) is 0 Å². The number of aliphatic hydroxyl groups is 1. The molecule has 0 radical (unpaired) electrons. The Labute approximate surface area is 112 Å². The molecule has 0 bridgehead atoms. The van der Waals surface area contributed by atoms with E-state index in [0.29, 0.717) is 6.54 Å². The summed E-state index contributed by atoms with van der Waals surface area (Å²) in [6.07, 6.45) is 1.60. The maximum Gasteiger partial charge on any atom is 0.111 e. The molecule has 0 fully saturated rings. The van der Waals surface area contributed by atoms with E-state index in [2.05, 4.69) is 30.2 Å². The standard InChI is InChI=1S/C14H20N2OS/c1-3-6-11(17)9-15-10(2)14-16-12-7-4-5-8-13(12)18-14/h4-5,7-8,10-11,15,17H,3,6,9H2,1-2H3. The molecule has 3 nitrogen and oxygen atoms in total. The average Bonchev–Trinajstić information content (AvgIpc) is 2.80. The van der Waals surface area contributed by atoms with Gasteiger partial charge >= 0.3 is 0 Å². The van der Waals surface area contributed by atoms with Gasteiger partial charge in [-0.1, -0.05) is 25.5 Å². The molecule has 18 heavy (non-hydrogen) atoms. The summed E-state index contributed by atoms with van der Waals surface area (Å²) in [6.45, 7) is 4.81. The van der Waals surface area contributed by atoms with E-state index >= 15 is 0 Å². The summed E-state index contributed by atoms with van der Waals surface area (Å²) >= 11 is 1.72. The first-order valence-corrected chi connectivity index (χ1v) is 7.29. The van der Waals surface area contributed by atoms with Crippen LogP contribution in [-0.2, 0) is 0 Å². The predicted molar refractivity (Wildman–Crippen MR) is 77.0 cm³/mol. The lowest BCUT2D eigenvalue weighted by Gasteiger charge is -2.14. The number of hydrogen-bond acceptors (Lipinski definition) is 4. The summed E-state index contributed by atoms with van der Waals surface area (Å²) in [5.41, 5.74) is 1.06. The summed E-state index contributed by atoms with van der Waals surface area (Å²) in [6, 6.07) is 8.36. The Kier molecular flexibility index (Phi) is 4.69. The number of aliphatic hydroxyl groups excluding tert-OH is 1. The molecule has 0 aliphatic heterocycles. The van der Waals surface area contributed by atoms with Crippen LogP contribution in [0.4, 0.5) is 0 Å². The van der Waals surface area contributed by atoms with Crippen molar-refractivity contribution in [2.45, 2.75) is 38.8 Å². The maximum atomic E-state index is 9.71. The van der Waals surface area contributed by atoms with Crippen LogP contribution in [0.3, 0.4) is 0 Å². The molecule has 0 aliphatic rings. The zero-order valence-electron chi connectivity index (χ0n) is 10.9. The van der Waals surface area contributed by atoms with Crippen LogP contribution in [0.1, 0.15) is 37.7 Å². The summed E-state index contributed by atoms with van der Waals surface area (Å²) in [7, 11) is 0. The van der Waals surface area contributed by atoms with Gasteiger partial charge in [-0.25, -0.2) is 4.98 Å². The molecule has 98 valence electrons. The molecular formula is C14H20N2OS. The van der Waals surface area contributed by atoms with Crippen LogP contribution in [0.25, 0.3) is 10.2 Å². The van der Waals surface area contributed by atoms with E-state index < -0.39 is 0 Å². The first kappa shape index (κ1) is 13.5. The Morgan fingerprint density at radius 2 is 2.17 bits per heavy atom. The monoisotopic (exact) mass is 264 g/mol. The second kappa shape index (κ2) is 6.27. The fourth-order valence-corrected chi connectivity index (χ4v) is 2.90. The number of rotatable bonds is 6. The fraction of sp³-hybridized carbons (Fsp3) is 0.500. The molecular weight excluding hydrogens is 244 g/mol. The van der Waals surface area contributed by atoms with Crippen molar-refractivity contribution in [1.82, 2.24) is 10.3 Å². The van der Waals surface area contributed by atoms with Gasteiger partial charge < -0.3 is 10.4 Å². The van der Waals surface area contributed by atoms with E-state index in [4.69, 9.17) is 0 Å². The Bertz CT molecular complexity index is 464. The summed E-state index contributed by atoms with van der Waals surface area (Å²) in [5.74, 6) is 0. The minimum atomic E-state index is -0.258. The zero-order valence-corrected chi connectivity index (χ0v) is 11.7. The molecule has 2 rings (SSSR count). The first-order chi connectivity index (χ1) is 8.70. The van der Waals surface area contributed by atoms with Crippen LogP contribution >= 0.6 is 11.3 Å². The molecule has 2 atom stereocenters. The van der Waals surface area contributed by atoms with E-state index in [1.54, 1.807) is 11.3 Å². The van der Waals surface area contributed by atoms with Gasteiger partial charge in [-0.2, -0.15) is 0 Å². The van der Waals surface area contributed by atoms with Crippen LogP contribution in [0.5, 0.6) is 0 Å². The molecule has 4 heteroatoms. The largest absolute Gasteiger partial charge is 0.392 e. The highest BCUT2D eigenvalue weighted by molar-refractivity contribution is 7.18. The minimum Gasteiger partial charge on any atom is -0.392 e. The minimum absolute atomic E-state index is 0.189. The molecule has 0 saturated carbocycles. The number of benzene rings is 1. The van der Waals surface area contributed by atoms with Crippen LogP contribution < -0.4 is 5.32 Å². The van der Waals surface area contributed by atoms with E-state index in [-0.39, 0.29) is 12.1 Å². The number of para-hydroxylation sites is 1. The van der Waals surface area contributed by atoms with Crippen molar-refractivity contribution >= 4 is 21.6 Å². The number of fused-ring (bicyclic) bond motifs is 1.